The summed E-state index contributed by atoms with van der Waals surface area (Å²) in [7, 11) is 0. The number of ether oxygens (including phenoxy) is 3. The highest BCUT2D eigenvalue weighted by Gasteiger charge is 2.47. The predicted molar refractivity (Wildman–Crippen MR) is 356 cm³/mol. The van der Waals surface area contributed by atoms with Gasteiger partial charge in [-0.2, -0.15) is 0 Å². The first-order valence-electron chi connectivity index (χ1n) is 34.7. The fraction of sp³-hybridized carbons (Fsp3) is 0.730. The molecule has 85 heavy (non-hydrogen) atoms. The average Bonchev–Trinajstić information content (AvgIpc) is 3.60. The lowest BCUT2D eigenvalue weighted by Crippen LogP contribution is -2.61. The van der Waals surface area contributed by atoms with Crippen LogP contribution in [-0.2, 0) is 23.8 Å². The minimum atomic E-state index is -1.62. The van der Waals surface area contributed by atoms with Gasteiger partial charge < -0.3 is 45.1 Å². The van der Waals surface area contributed by atoms with Gasteiger partial charge in [-0.1, -0.05) is 278 Å². The van der Waals surface area contributed by atoms with E-state index in [4.69, 9.17) is 14.2 Å². The molecule has 0 aromatic rings. The predicted octanol–water partition coefficient (Wildman–Crippen LogP) is 17.6. The highest BCUT2D eigenvalue weighted by Crippen LogP contribution is 2.26. The van der Waals surface area contributed by atoms with Crippen LogP contribution in [0.1, 0.15) is 284 Å². The van der Waals surface area contributed by atoms with E-state index in [-0.39, 0.29) is 19.4 Å². The van der Waals surface area contributed by atoms with Crippen LogP contribution in [-0.4, -0.2) is 99.6 Å². The van der Waals surface area contributed by atoms with Crippen molar-refractivity contribution in [2.45, 2.75) is 333 Å². The molecule has 6 N–H and O–H groups in total. The summed E-state index contributed by atoms with van der Waals surface area (Å²) >= 11 is 0. The Labute approximate surface area is 519 Å². The number of aliphatic hydroxyl groups is 5. The van der Waals surface area contributed by atoms with Crippen LogP contribution < -0.4 is 5.32 Å². The average molecular weight is 1190 g/mol. The molecule has 1 fully saturated rings. The Kier molecular flexibility index (Phi) is 56.6. The molecule has 0 aromatic carbocycles. The van der Waals surface area contributed by atoms with Crippen molar-refractivity contribution >= 4 is 11.9 Å². The molecule has 0 aliphatic carbocycles. The van der Waals surface area contributed by atoms with Crippen LogP contribution in [0.25, 0.3) is 0 Å². The van der Waals surface area contributed by atoms with Crippen molar-refractivity contribution in [1.29, 1.82) is 0 Å². The molecule has 1 aliphatic heterocycles. The van der Waals surface area contributed by atoms with Crippen LogP contribution in [0.15, 0.2) is 109 Å². The lowest BCUT2D eigenvalue weighted by Gasteiger charge is -2.41. The maximum absolute atomic E-state index is 13.5. The van der Waals surface area contributed by atoms with Gasteiger partial charge in [0.15, 0.2) is 12.4 Å². The Morgan fingerprint density at radius 3 is 1.29 bits per heavy atom. The summed E-state index contributed by atoms with van der Waals surface area (Å²) < 4.78 is 17.7. The van der Waals surface area contributed by atoms with Crippen molar-refractivity contribution in [2.24, 2.45) is 0 Å². The molecule has 8 atom stereocenters. The summed E-state index contributed by atoms with van der Waals surface area (Å²) in [5, 5.41) is 57.1. The Bertz CT molecular complexity index is 1800. The lowest BCUT2D eigenvalue weighted by atomic mass is 9.99. The maximum atomic E-state index is 13.5. The zero-order valence-electron chi connectivity index (χ0n) is 54.2. The summed E-state index contributed by atoms with van der Waals surface area (Å²) in [6, 6.07) is -1.04. The minimum Gasteiger partial charge on any atom is -0.454 e. The molecular weight excluding hydrogens is 1060 g/mol. The molecule has 0 aromatic heterocycles. The Morgan fingerprint density at radius 1 is 0.471 bits per heavy atom. The monoisotopic (exact) mass is 1190 g/mol. The second-order valence-electron chi connectivity index (χ2n) is 23.5. The number of nitrogens with one attached hydrogen (secondary N) is 1. The number of rotatable bonds is 58. The standard InChI is InChI=1S/C74H127NO10/c1-4-7-10-13-16-19-22-24-26-28-30-32-33-34-35-36-38-40-42-44-47-50-53-56-59-62-69(79)85-72-71(81)70(80)68(63-76)84-74(72)83-64-65(66(77)60-57-54-51-48-45-21-18-15-12-9-6-3)75-73(82)67(78)61-58-55-52-49-46-43-41-39-37-31-29-27-25-23-20-17-14-11-8-5-2/h8,11,16-17,19-20,24-27,30-32,37,41,43,57,60,65-68,70-72,74,76-78,80-81H,4-7,9-10,12-15,18,21-23,28-29,33-36,38-40,42,44-56,58-59,61-64H2,1-3H3,(H,75,82)/b11-8-,19-16-,20-17-,26-24-,27-25-,32-30-,37-31-,43-41-,60-57+. The van der Waals surface area contributed by atoms with Crippen LogP contribution in [0.4, 0.5) is 0 Å². The zero-order chi connectivity index (χ0) is 61.7. The molecule has 1 amide bonds. The summed E-state index contributed by atoms with van der Waals surface area (Å²) in [6.45, 7) is 5.64. The van der Waals surface area contributed by atoms with E-state index in [9.17, 15) is 35.1 Å². The number of carbonyl (C=O) groups excluding carboxylic acids is 2. The molecule has 11 heteroatoms. The number of amides is 1. The van der Waals surface area contributed by atoms with Crippen molar-refractivity contribution in [2.75, 3.05) is 13.2 Å². The van der Waals surface area contributed by atoms with Crippen LogP contribution in [0.5, 0.6) is 0 Å². The quantitative estimate of drug-likeness (QED) is 0.0195. The highest BCUT2D eigenvalue weighted by atomic mass is 16.7. The number of aliphatic hydroxyl groups excluding tert-OH is 5. The van der Waals surface area contributed by atoms with Gasteiger partial charge in [-0.05, 0) is 109 Å². The van der Waals surface area contributed by atoms with Crippen LogP contribution in [0.3, 0.4) is 0 Å². The van der Waals surface area contributed by atoms with Gasteiger partial charge in [-0.15, -0.1) is 0 Å². The van der Waals surface area contributed by atoms with E-state index in [1.807, 2.05) is 6.08 Å². The number of allylic oxidation sites excluding steroid dienone is 17. The number of esters is 1. The number of carbonyl (C=O) groups is 2. The van der Waals surface area contributed by atoms with Gasteiger partial charge in [-0.25, -0.2) is 0 Å². The van der Waals surface area contributed by atoms with E-state index in [2.05, 4.69) is 123 Å². The van der Waals surface area contributed by atoms with Crippen molar-refractivity contribution in [3.8, 4) is 0 Å². The zero-order valence-corrected chi connectivity index (χ0v) is 54.2. The molecule has 11 nitrogen and oxygen atoms in total. The molecule has 0 bridgehead atoms. The smallest absolute Gasteiger partial charge is 0.306 e. The van der Waals surface area contributed by atoms with Gasteiger partial charge in [0, 0.05) is 6.42 Å². The fourth-order valence-corrected chi connectivity index (χ4v) is 10.2. The third kappa shape index (κ3) is 48.0. The molecule has 0 saturated carbocycles. The Hall–Kier alpha value is -3.68. The van der Waals surface area contributed by atoms with Gasteiger partial charge in [0.25, 0.3) is 0 Å². The Morgan fingerprint density at radius 2 is 0.847 bits per heavy atom. The summed E-state index contributed by atoms with van der Waals surface area (Å²) in [5.41, 5.74) is 0. The SMILES string of the molecule is CC/C=C\C/C=C\C/C=C\C/C=C\C/C=C\CCCCCCC(O)C(=O)NC(COC1OC(CO)C(O)C(O)C1OC(=O)CCCCCCCCCCCCCC/C=C\C/C=C\C/C=C\CCCCC)C(O)/C=C/CCCCCCCCCCC. The first-order valence-corrected chi connectivity index (χ1v) is 34.7. The molecule has 1 heterocycles. The van der Waals surface area contributed by atoms with Crippen molar-refractivity contribution in [3.05, 3.63) is 109 Å². The van der Waals surface area contributed by atoms with E-state index in [1.165, 1.54) is 116 Å². The number of hydrogen-bond acceptors (Lipinski definition) is 10. The summed E-state index contributed by atoms with van der Waals surface area (Å²) in [5.74, 6) is -1.22. The van der Waals surface area contributed by atoms with Crippen molar-refractivity contribution < 1.29 is 49.3 Å². The molecule has 0 spiro atoms. The Balaban J connectivity index is 2.59. The number of unbranched alkanes of at least 4 members (excludes halogenated alkanes) is 28. The topological polar surface area (TPSA) is 175 Å². The van der Waals surface area contributed by atoms with Crippen molar-refractivity contribution in [3.63, 3.8) is 0 Å². The third-order valence-electron chi connectivity index (χ3n) is 15.7. The van der Waals surface area contributed by atoms with Gasteiger partial charge >= 0.3 is 5.97 Å². The van der Waals surface area contributed by atoms with Crippen LogP contribution >= 0.6 is 0 Å². The maximum Gasteiger partial charge on any atom is 0.306 e. The summed E-state index contributed by atoms with van der Waals surface area (Å²) in [6.07, 6.45) is 72.7. The van der Waals surface area contributed by atoms with E-state index < -0.39 is 67.4 Å². The van der Waals surface area contributed by atoms with E-state index in [0.29, 0.717) is 12.8 Å². The normalized spacial score (nSPS) is 19.1. The van der Waals surface area contributed by atoms with Crippen LogP contribution in [0, 0.1) is 0 Å². The second kappa shape index (κ2) is 60.6. The molecule has 8 unspecified atom stereocenters. The summed E-state index contributed by atoms with van der Waals surface area (Å²) in [4.78, 5) is 26.6. The van der Waals surface area contributed by atoms with E-state index in [1.54, 1.807) is 6.08 Å². The largest absolute Gasteiger partial charge is 0.454 e. The molecule has 488 valence electrons. The molecule has 1 rings (SSSR count). The van der Waals surface area contributed by atoms with E-state index in [0.717, 1.165) is 122 Å². The van der Waals surface area contributed by atoms with Crippen LogP contribution in [0.2, 0.25) is 0 Å². The van der Waals surface area contributed by atoms with E-state index >= 15 is 0 Å². The number of hydrogen-bond donors (Lipinski definition) is 6. The highest BCUT2D eigenvalue weighted by molar-refractivity contribution is 5.80. The van der Waals surface area contributed by atoms with Gasteiger partial charge in [-0.3, -0.25) is 9.59 Å². The van der Waals surface area contributed by atoms with Gasteiger partial charge in [0.2, 0.25) is 5.91 Å². The first-order chi connectivity index (χ1) is 41.7. The lowest BCUT2D eigenvalue weighted by molar-refractivity contribution is -0.305. The second-order valence-corrected chi connectivity index (χ2v) is 23.5. The fourth-order valence-electron chi connectivity index (χ4n) is 10.2. The minimum absolute atomic E-state index is 0.114. The molecule has 1 aliphatic rings. The first kappa shape index (κ1) is 79.3. The van der Waals surface area contributed by atoms with Gasteiger partial charge in [0.05, 0.1) is 25.4 Å². The third-order valence-corrected chi connectivity index (χ3v) is 15.7. The molecule has 1 saturated heterocycles. The van der Waals surface area contributed by atoms with Crippen molar-refractivity contribution in [1.82, 2.24) is 5.32 Å². The molecular formula is C74H127NO10. The van der Waals surface area contributed by atoms with Gasteiger partial charge in [0.1, 0.15) is 24.4 Å². The molecule has 0 radical (unpaired) electrons.